The van der Waals surface area contributed by atoms with Gasteiger partial charge in [0, 0.05) is 37.7 Å². The minimum absolute atomic E-state index is 0.0657. The number of carbonyl (C=O) groups is 1. The van der Waals surface area contributed by atoms with E-state index < -0.39 is 0 Å². The molecule has 3 aromatic rings. The zero-order valence-electron chi connectivity index (χ0n) is 16.8. The highest BCUT2D eigenvalue weighted by molar-refractivity contribution is 14.1. The Labute approximate surface area is 189 Å². The van der Waals surface area contributed by atoms with Gasteiger partial charge in [0.2, 0.25) is 5.95 Å². The number of aromatic nitrogens is 2. The van der Waals surface area contributed by atoms with Gasteiger partial charge in [-0.1, -0.05) is 12.1 Å². The number of rotatable bonds is 7. The van der Waals surface area contributed by atoms with E-state index in [0.29, 0.717) is 29.1 Å². The van der Waals surface area contributed by atoms with E-state index in [9.17, 15) is 4.79 Å². The molecule has 1 aromatic heterocycles. The normalized spacial score (nSPS) is 12.9. The van der Waals surface area contributed by atoms with Gasteiger partial charge in [0.1, 0.15) is 5.82 Å². The highest BCUT2D eigenvalue weighted by Gasteiger charge is 2.25. The fourth-order valence-corrected chi connectivity index (χ4v) is 3.29. The van der Waals surface area contributed by atoms with E-state index in [2.05, 4.69) is 48.5 Å². The summed E-state index contributed by atoms with van der Waals surface area (Å²) < 4.78 is 0.860. The molecule has 154 valence electrons. The van der Waals surface area contributed by atoms with E-state index in [4.69, 9.17) is 0 Å². The molecule has 30 heavy (non-hydrogen) atoms. The van der Waals surface area contributed by atoms with Gasteiger partial charge in [0.05, 0.1) is 14.8 Å². The molecule has 0 unspecified atom stereocenters. The Morgan fingerprint density at radius 3 is 2.50 bits per heavy atom. The molecule has 1 saturated carbocycles. The molecule has 0 bridgehead atoms. The molecular weight excluding hydrogens is 491 g/mol. The van der Waals surface area contributed by atoms with Gasteiger partial charge in [-0.2, -0.15) is 4.98 Å². The van der Waals surface area contributed by atoms with Crippen molar-refractivity contribution in [3.63, 3.8) is 0 Å². The third-order valence-corrected chi connectivity index (χ3v) is 5.51. The molecule has 0 atom stereocenters. The van der Waals surface area contributed by atoms with Gasteiger partial charge in [0.25, 0.3) is 5.91 Å². The first kappa shape index (κ1) is 20.4. The van der Waals surface area contributed by atoms with Crippen LogP contribution in [0.4, 0.5) is 28.8 Å². The lowest BCUT2D eigenvalue weighted by atomic mass is 10.1. The van der Waals surface area contributed by atoms with Crippen LogP contribution in [0.1, 0.15) is 23.2 Å². The Morgan fingerprint density at radius 2 is 1.80 bits per heavy atom. The maximum absolute atomic E-state index is 12.6. The molecular formula is C22H23IN6O. The van der Waals surface area contributed by atoms with Crippen molar-refractivity contribution < 1.29 is 4.79 Å². The van der Waals surface area contributed by atoms with Crippen LogP contribution in [0, 0.1) is 3.57 Å². The quantitative estimate of drug-likeness (QED) is 0.402. The molecule has 0 saturated heterocycles. The largest absolute Gasteiger partial charge is 0.378 e. The average Bonchev–Trinajstić information content (AvgIpc) is 3.55. The van der Waals surface area contributed by atoms with E-state index in [1.807, 2.05) is 67.5 Å². The minimum atomic E-state index is -0.0657. The standard InChI is InChI=1S/C22H23IN6O/c1-29(2)16-11-9-15(10-12-16)26-22-24-13-18(23)20(28-22)27-19-6-4-3-5-17(19)21(30)25-14-7-8-14/h3-6,9-14H,7-8H2,1-2H3,(H,25,30)(H2,24,26,27,28). The predicted octanol–water partition coefficient (Wildman–Crippen LogP) is 4.53. The molecule has 0 aliphatic heterocycles. The fraction of sp³-hybridized carbons (Fsp3) is 0.227. The zero-order chi connectivity index (χ0) is 21.1. The Balaban J connectivity index is 1.53. The van der Waals surface area contributed by atoms with Crippen molar-refractivity contribution in [1.82, 2.24) is 15.3 Å². The molecule has 1 aliphatic rings. The Bertz CT molecular complexity index is 1050. The second-order valence-electron chi connectivity index (χ2n) is 7.37. The van der Waals surface area contributed by atoms with Crippen LogP contribution in [0.15, 0.2) is 54.7 Å². The average molecular weight is 514 g/mol. The molecule has 3 N–H and O–H groups in total. The molecule has 1 heterocycles. The van der Waals surface area contributed by atoms with Crippen molar-refractivity contribution in [1.29, 1.82) is 0 Å². The lowest BCUT2D eigenvalue weighted by Gasteiger charge is -2.14. The number of benzene rings is 2. The summed E-state index contributed by atoms with van der Waals surface area (Å²) in [5.74, 6) is 1.06. The summed E-state index contributed by atoms with van der Waals surface area (Å²) in [5, 5.41) is 9.57. The van der Waals surface area contributed by atoms with Crippen molar-refractivity contribution in [2.75, 3.05) is 29.6 Å². The maximum atomic E-state index is 12.6. The van der Waals surface area contributed by atoms with E-state index in [-0.39, 0.29) is 5.91 Å². The Kier molecular flexibility index (Phi) is 6.03. The summed E-state index contributed by atoms with van der Waals surface area (Å²) in [7, 11) is 4.01. The van der Waals surface area contributed by atoms with Crippen LogP contribution in [0.5, 0.6) is 0 Å². The maximum Gasteiger partial charge on any atom is 0.253 e. The molecule has 4 rings (SSSR count). The third-order valence-electron chi connectivity index (χ3n) is 4.72. The number of nitrogens with one attached hydrogen (secondary N) is 3. The zero-order valence-corrected chi connectivity index (χ0v) is 19.0. The highest BCUT2D eigenvalue weighted by atomic mass is 127. The van der Waals surface area contributed by atoms with Gasteiger partial charge in [-0.3, -0.25) is 4.79 Å². The number of carbonyl (C=O) groups excluding carboxylic acids is 1. The molecule has 1 fully saturated rings. The Morgan fingerprint density at radius 1 is 1.07 bits per heavy atom. The highest BCUT2D eigenvalue weighted by Crippen LogP contribution is 2.26. The lowest BCUT2D eigenvalue weighted by molar-refractivity contribution is 0.0952. The van der Waals surface area contributed by atoms with Crippen molar-refractivity contribution in [3.05, 3.63) is 63.9 Å². The second-order valence-corrected chi connectivity index (χ2v) is 8.54. The monoisotopic (exact) mass is 514 g/mol. The molecule has 0 radical (unpaired) electrons. The number of nitrogens with zero attached hydrogens (tertiary/aromatic N) is 3. The van der Waals surface area contributed by atoms with Crippen molar-refractivity contribution >= 4 is 57.3 Å². The minimum Gasteiger partial charge on any atom is -0.378 e. The van der Waals surface area contributed by atoms with E-state index >= 15 is 0 Å². The van der Waals surface area contributed by atoms with Crippen molar-refractivity contribution in [2.45, 2.75) is 18.9 Å². The molecule has 8 heteroatoms. The first-order valence-electron chi connectivity index (χ1n) is 9.73. The van der Waals surface area contributed by atoms with Gasteiger partial charge < -0.3 is 20.9 Å². The predicted molar refractivity (Wildman–Crippen MR) is 129 cm³/mol. The van der Waals surface area contributed by atoms with Crippen LogP contribution in [0.2, 0.25) is 0 Å². The molecule has 1 amide bonds. The third kappa shape index (κ3) is 4.99. The van der Waals surface area contributed by atoms with Gasteiger partial charge in [-0.25, -0.2) is 4.98 Å². The number of amides is 1. The van der Waals surface area contributed by atoms with Crippen LogP contribution in [-0.2, 0) is 0 Å². The number of halogens is 1. The van der Waals surface area contributed by atoms with E-state index in [1.165, 1.54) is 0 Å². The SMILES string of the molecule is CN(C)c1ccc(Nc2ncc(I)c(Nc3ccccc3C(=O)NC3CC3)n2)cc1. The van der Waals surface area contributed by atoms with Crippen LogP contribution >= 0.6 is 22.6 Å². The van der Waals surface area contributed by atoms with Crippen LogP contribution in [-0.4, -0.2) is 36.0 Å². The smallest absolute Gasteiger partial charge is 0.253 e. The lowest BCUT2D eigenvalue weighted by Crippen LogP contribution is -2.26. The molecule has 7 nitrogen and oxygen atoms in total. The number of anilines is 5. The number of hydrogen-bond acceptors (Lipinski definition) is 6. The summed E-state index contributed by atoms with van der Waals surface area (Å²) >= 11 is 2.18. The van der Waals surface area contributed by atoms with Gasteiger partial charge >= 0.3 is 0 Å². The van der Waals surface area contributed by atoms with Gasteiger partial charge in [-0.05, 0) is 71.8 Å². The fourth-order valence-electron chi connectivity index (χ4n) is 2.90. The summed E-state index contributed by atoms with van der Waals surface area (Å²) in [6, 6.07) is 15.8. The first-order valence-corrected chi connectivity index (χ1v) is 10.8. The van der Waals surface area contributed by atoms with Gasteiger partial charge in [-0.15, -0.1) is 0 Å². The molecule has 2 aromatic carbocycles. The van der Waals surface area contributed by atoms with Crippen molar-refractivity contribution in [2.24, 2.45) is 0 Å². The van der Waals surface area contributed by atoms with Crippen LogP contribution in [0.3, 0.4) is 0 Å². The van der Waals surface area contributed by atoms with Crippen LogP contribution < -0.4 is 20.9 Å². The van der Waals surface area contributed by atoms with Crippen LogP contribution in [0.25, 0.3) is 0 Å². The topological polar surface area (TPSA) is 82.2 Å². The number of hydrogen-bond donors (Lipinski definition) is 3. The summed E-state index contributed by atoms with van der Waals surface area (Å²) in [6.07, 6.45) is 3.85. The summed E-state index contributed by atoms with van der Waals surface area (Å²) in [4.78, 5) is 23.6. The summed E-state index contributed by atoms with van der Waals surface area (Å²) in [5.41, 5.74) is 3.34. The van der Waals surface area contributed by atoms with Gasteiger partial charge in [0.15, 0.2) is 0 Å². The summed E-state index contributed by atoms with van der Waals surface area (Å²) in [6.45, 7) is 0. The van der Waals surface area contributed by atoms with E-state index in [1.54, 1.807) is 6.20 Å². The number of para-hydroxylation sites is 1. The Hall–Kier alpha value is -2.88. The van der Waals surface area contributed by atoms with E-state index in [0.717, 1.165) is 27.8 Å². The second kappa shape index (κ2) is 8.86. The first-order chi connectivity index (χ1) is 14.5. The molecule has 1 aliphatic carbocycles. The molecule has 0 spiro atoms. The van der Waals surface area contributed by atoms with Crippen molar-refractivity contribution in [3.8, 4) is 0 Å².